The van der Waals surface area contributed by atoms with E-state index in [9.17, 15) is 0 Å². The van der Waals surface area contributed by atoms with Crippen LogP contribution in [0, 0.1) is 0 Å². The number of nitrogens with two attached hydrogens (primary N) is 3. The van der Waals surface area contributed by atoms with Crippen LogP contribution in [0.15, 0.2) is 34.6 Å². The second kappa shape index (κ2) is 4.90. The number of hydrogen-bond acceptors (Lipinski definition) is 3. The molecule has 14 heavy (non-hydrogen) atoms. The van der Waals surface area contributed by atoms with E-state index in [4.69, 9.17) is 17.2 Å². The number of benzene rings is 1. The average molecular weight is 301 g/mol. The van der Waals surface area contributed by atoms with Gasteiger partial charge in [-0.25, -0.2) is 0 Å². The summed E-state index contributed by atoms with van der Waals surface area (Å²) in [6, 6.07) is 5.47. The Morgan fingerprint density at radius 1 is 1.21 bits per heavy atom. The predicted octanol–water partition coefficient (Wildman–Crippen LogP) is 2.10. The number of rotatable bonds is 2. The topological polar surface area (TPSA) is 78.1 Å². The molecule has 1 aromatic carbocycles. The summed E-state index contributed by atoms with van der Waals surface area (Å²) in [5, 5.41) is 0. The molecule has 0 saturated carbocycles. The first-order valence-corrected chi connectivity index (χ1v) is 5.27. The average Bonchev–Trinajstić information content (AvgIpc) is 2.19. The van der Waals surface area contributed by atoms with E-state index in [1.165, 1.54) is 0 Å². The van der Waals surface area contributed by atoms with Crippen molar-refractivity contribution in [2.24, 2.45) is 5.73 Å². The van der Waals surface area contributed by atoms with Gasteiger partial charge in [-0.2, -0.15) is 0 Å². The third kappa shape index (κ3) is 2.41. The van der Waals surface area contributed by atoms with Crippen molar-refractivity contribution in [3.8, 4) is 0 Å². The Hall–Kier alpha value is -1.17. The van der Waals surface area contributed by atoms with Gasteiger partial charge in [0, 0.05) is 6.20 Å². The Labute approximate surface area is 96.8 Å². The third-order valence-electron chi connectivity index (χ3n) is 1.84. The van der Waals surface area contributed by atoms with Crippen LogP contribution < -0.4 is 17.2 Å². The number of anilines is 2. The van der Waals surface area contributed by atoms with E-state index in [-0.39, 0.29) is 0 Å². The monoisotopic (exact) mass is 301 g/mol. The van der Waals surface area contributed by atoms with Crippen molar-refractivity contribution in [2.45, 2.75) is 0 Å². The lowest BCUT2D eigenvalue weighted by Crippen LogP contribution is -1.96. The minimum Gasteiger partial charge on any atom is -0.404 e. The highest BCUT2D eigenvalue weighted by atomic mass is 127. The highest BCUT2D eigenvalue weighted by molar-refractivity contribution is 14.1. The van der Waals surface area contributed by atoms with E-state index in [2.05, 4.69) is 22.6 Å². The zero-order valence-corrected chi connectivity index (χ0v) is 9.73. The maximum Gasteiger partial charge on any atom is 0.0554 e. The minimum absolute atomic E-state index is 0.573. The molecule has 0 bridgehead atoms. The fourth-order valence-corrected chi connectivity index (χ4v) is 1.46. The van der Waals surface area contributed by atoms with Crippen LogP contribution >= 0.6 is 22.6 Å². The van der Waals surface area contributed by atoms with E-state index in [1.54, 1.807) is 12.3 Å². The number of hydrogen-bond donors (Lipinski definition) is 3. The van der Waals surface area contributed by atoms with Gasteiger partial charge in [-0.3, -0.25) is 0 Å². The summed E-state index contributed by atoms with van der Waals surface area (Å²) in [5.41, 5.74) is 19.8. The maximum atomic E-state index is 5.69. The normalized spacial score (nSPS) is 12.2. The van der Waals surface area contributed by atoms with Gasteiger partial charge in [0.25, 0.3) is 0 Å². The summed E-state index contributed by atoms with van der Waals surface area (Å²) in [6.07, 6.45) is 3.45. The number of nitrogen functional groups attached to an aromatic ring is 2. The zero-order valence-electron chi connectivity index (χ0n) is 7.57. The van der Waals surface area contributed by atoms with Crippen molar-refractivity contribution in [3.05, 3.63) is 40.1 Å². The fraction of sp³-hybridized carbons (Fsp3) is 0. The van der Waals surface area contributed by atoms with Crippen LogP contribution in [0.3, 0.4) is 0 Å². The second-order valence-corrected chi connectivity index (χ2v) is 3.48. The minimum atomic E-state index is 0.573. The molecule has 0 atom stereocenters. The molecule has 0 aliphatic heterocycles. The molecule has 0 radical (unpaired) electrons. The van der Waals surface area contributed by atoms with Crippen LogP contribution in [0.2, 0.25) is 0 Å². The van der Waals surface area contributed by atoms with E-state index < -0.39 is 0 Å². The molecule has 74 valence electrons. The molecule has 1 aromatic rings. The maximum absolute atomic E-state index is 5.69. The quantitative estimate of drug-likeness (QED) is 0.445. The first kappa shape index (κ1) is 10.9. The lowest BCUT2D eigenvalue weighted by Gasteiger charge is -2.05. The van der Waals surface area contributed by atoms with Gasteiger partial charge in [-0.15, -0.1) is 0 Å². The van der Waals surface area contributed by atoms with E-state index in [1.807, 2.05) is 22.3 Å². The molecule has 6 N–H and O–H groups in total. The lowest BCUT2D eigenvalue weighted by molar-refractivity contribution is 1.55. The van der Waals surface area contributed by atoms with Crippen molar-refractivity contribution >= 4 is 39.5 Å². The van der Waals surface area contributed by atoms with Gasteiger partial charge in [0.05, 0.1) is 11.4 Å². The van der Waals surface area contributed by atoms with E-state index in [0.717, 1.165) is 11.1 Å². The summed E-state index contributed by atoms with van der Waals surface area (Å²) >= 11 is 2.14. The van der Waals surface area contributed by atoms with Gasteiger partial charge in [0.15, 0.2) is 0 Å². The molecule has 0 amide bonds. The van der Waals surface area contributed by atoms with Crippen LogP contribution in [0.4, 0.5) is 11.4 Å². The summed E-state index contributed by atoms with van der Waals surface area (Å²) < 4.78 is 1.89. The largest absolute Gasteiger partial charge is 0.404 e. The van der Waals surface area contributed by atoms with Gasteiger partial charge < -0.3 is 17.2 Å². The first-order chi connectivity index (χ1) is 6.69. The molecule has 1 rings (SSSR count). The van der Waals surface area contributed by atoms with Crippen LogP contribution in [-0.2, 0) is 0 Å². The molecule has 0 aromatic heterocycles. The van der Waals surface area contributed by atoms with Crippen molar-refractivity contribution in [1.29, 1.82) is 0 Å². The molecule has 0 spiro atoms. The second-order valence-electron chi connectivity index (χ2n) is 2.76. The Morgan fingerprint density at radius 2 is 1.93 bits per heavy atom. The standard InChI is InChI=1S/C10H12IN3/c11-4-3-8(6-12)7-1-2-9(13)10(14)5-7/h1-6H,12-14H2/b4-3-,8-6+. The van der Waals surface area contributed by atoms with Crippen LogP contribution in [0.25, 0.3) is 5.57 Å². The van der Waals surface area contributed by atoms with Crippen LogP contribution in [-0.4, -0.2) is 0 Å². The van der Waals surface area contributed by atoms with Crippen molar-refractivity contribution in [2.75, 3.05) is 11.5 Å². The van der Waals surface area contributed by atoms with E-state index in [0.29, 0.717) is 11.4 Å². The van der Waals surface area contributed by atoms with Gasteiger partial charge in [0.1, 0.15) is 0 Å². The van der Waals surface area contributed by atoms with E-state index >= 15 is 0 Å². The predicted molar refractivity (Wildman–Crippen MR) is 70.6 cm³/mol. The van der Waals surface area contributed by atoms with Gasteiger partial charge in [-0.1, -0.05) is 28.7 Å². The Kier molecular flexibility index (Phi) is 3.82. The van der Waals surface area contributed by atoms with Crippen molar-refractivity contribution in [3.63, 3.8) is 0 Å². The molecule has 0 aliphatic carbocycles. The Bertz CT molecular complexity index is 383. The Morgan fingerprint density at radius 3 is 2.43 bits per heavy atom. The molecular formula is C10H12IN3. The SMILES string of the molecule is N/C=C(\C=C/I)c1ccc(N)c(N)c1. The highest BCUT2D eigenvalue weighted by Crippen LogP contribution is 2.22. The Balaban J connectivity index is 3.13. The van der Waals surface area contributed by atoms with Crippen LogP contribution in [0.1, 0.15) is 5.56 Å². The molecule has 0 fully saturated rings. The zero-order chi connectivity index (χ0) is 10.6. The molecule has 0 heterocycles. The van der Waals surface area contributed by atoms with Crippen molar-refractivity contribution in [1.82, 2.24) is 0 Å². The third-order valence-corrected chi connectivity index (χ3v) is 2.20. The summed E-state index contributed by atoms with van der Waals surface area (Å²) in [7, 11) is 0. The number of allylic oxidation sites excluding steroid dienone is 2. The number of halogens is 1. The van der Waals surface area contributed by atoms with Crippen molar-refractivity contribution < 1.29 is 0 Å². The smallest absolute Gasteiger partial charge is 0.0554 e. The van der Waals surface area contributed by atoms with Crippen LogP contribution in [0.5, 0.6) is 0 Å². The molecule has 3 nitrogen and oxygen atoms in total. The molecule has 0 saturated heterocycles. The first-order valence-electron chi connectivity index (χ1n) is 4.03. The summed E-state index contributed by atoms with van der Waals surface area (Å²) in [5.74, 6) is 0. The summed E-state index contributed by atoms with van der Waals surface area (Å²) in [4.78, 5) is 0. The van der Waals surface area contributed by atoms with Gasteiger partial charge >= 0.3 is 0 Å². The highest BCUT2D eigenvalue weighted by Gasteiger charge is 2.00. The van der Waals surface area contributed by atoms with Gasteiger partial charge in [-0.05, 0) is 33.4 Å². The molecular weight excluding hydrogens is 289 g/mol. The molecule has 0 aliphatic rings. The molecule has 4 heteroatoms. The fourth-order valence-electron chi connectivity index (χ4n) is 1.07. The summed E-state index contributed by atoms with van der Waals surface area (Å²) in [6.45, 7) is 0. The van der Waals surface area contributed by atoms with Gasteiger partial charge in [0.2, 0.25) is 0 Å². The molecule has 0 unspecified atom stereocenters. The lowest BCUT2D eigenvalue weighted by atomic mass is 10.1.